The zero-order chi connectivity index (χ0) is 30.0. The van der Waals surface area contributed by atoms with Crippen LogP contribution in [0.1, 0.15) is 206 Å². The van der Waals surface area contributed by atoms with E-state index in [0.717, 1.165) is 17.3 Å². The van der Waals surface area contributed by atoms with Crippen molar-refractivity contribution in [2.75, 3.05) is 27.7 Å². The number of carbonyl (C=O) groups is 1. The molecule has 0 aliphatic heterocycles. The molecule has 250 valence electrons. The first kappa shape index (κ1) is 49.8. The first-order valence-electron chi connectivity index (χ1n) is 18.3. The molecule has 3 nitrogen and oxygen atoms in total. The fourth-order valence-corrected chi connectivity index (χ4v) is 5.42. The van der Waals surface area contributed by atoms with E-state index in [2.05, 4.69) is 35.0 Å². The molecule has 0 N–H and O–H groups in total. The Bertz CT molecular complexity index is 485. The smallest absolute Gasteiger partial charge is 1.00 e. The second-order valence-corrected chi connectivity index (χ2v) is 13.7. The van der Waals surface area contributed by atoms with Gasteiger partial charge in [-0.2, -0.15) is 0 Å². The van der Waals surface area contributed by atoms with Crippen LogP contribution in [-0.4, -0.2) is 38.1 Å². The van der Waals surface area contributed by atoms with Crippen molar-refractivity contribution in [1.29, 1.82) is 0 Å². The molecule has 0 radical (unpaired) electrons. The van der Waals surface area contributed by atoms with Crippen LogP contribution in [0.15, 0.2) is 0 Å². The van der Waals surface area contributed by atoms with E-state index in [0.29, 0.717) is 0 Å². The largest absolute Gasteiger partial charge is 1.00 e. The van der Waals surface area contributed by atoms with Crippen LogP contribution in [0.25, 0.3) is 0 Å². The standard InChI is InChI=1S/C19H42N.C18H36O2.BrH.Na/c1-5-6-7-8-9-10-11-12-13-14-15-16-17-18-19-20(2,3)4;1-2-3-4-5-6-7-8-9-10-11-12-13-14-15-16-17-18(19)20;;/h5-19H2,1-4H3;2-17H2,1H3,(H,19,20);1H;/q+1;;;+1/p-2. The van der Waals surface area contributed by atoms with Crippen molar-refractivity contribution in [3.05, 3.63) is 0 Å². The second kappa shape index (κ2) is 41.9. The van der Waals surface area contributed by atoms with Crippen molar-refractivity contribution >= 4 is 5.97 Å². The van der Waals surface area contributed by atoms with Crippen molar-refractivity contribution < 1.29 is 60.9 Å². The zero-order valence-corrected chi connectivity index (χ0v) is 33.6. The topological polar surface area (TPSA) is 40.1 Å². The van der Waals surface area contributed by atoms with Crippen molar-refractivity contribution in [1.82, 2.24) is 0 Å². The van der Waals surface area contributed by atoms with E-state index in [9.17, 15) is 9.90 Å². The first-order valence-corrected chi connectivity index (χ1v) is 18.3. The number of hydrogen-bond acceptors (Lipinski definition) is 2. The van der Waals surface area contributed by atoms with Crippen LogP contribution in [-0.2, 0) is 4.79 Å². The third kappa shape index (κ3) is 53.5. The molecule has 0 heterocycles. The number of aliphatic carboxylic acids is 1. The Morgan fingerprint density at radius 1 is 0.429 bits per heavy atom. The Balaban J connectivity index is -0.000000328. The molecule has 0 aromatic rings. The third-order valence-electron chi connectivity index (χ3n) is 8.17. The molecule has 5 heteroatoms. The van der Waals surface area contributed by atoms with Crippen LogP contribution in [0.2, 0.25) is 0 Å². The van der Waals surface area contributed by atoms with Crippen LogP contribution < -0.4 is 51.6 Å². The van der Waals surface area contributed by atoms with E-state index < -0.39 is 5.97 Å². The van der Waals surface area contributed by atoms with E-state index in [-0.39, 0.29) is 53.0 Å². The maximum Gasteiger partial charge on any atom is 1.00 e. The van der Waals surface area contributed by atoms with Gasteiger partial charge in [0.2, 0.25) is 0 Å². The quantitative estimate of drug-likeness (QED) is 0.0580. The van der Waals surface area contributed by atoms with Crippen LogP contribution >= 0.6 is 0 Å². The summed E-state index contributed by atoms with van der Waals surface area (Å²) in [5.74, 6) is -0.903. The summed E-state index contributed by atoms with van der Waals surface area (Å²) in [4.78, 5) is 10.2. The number of carbonyl (C=O) groups excluding carboxylic acids is 1. The molecule has 0 unspecified atom stereocenters. The predicted molar refractivity (Wildman–Crippen MR) is 178 cm³/mol. The molecule has 0 fully saturated rings. The minimum absolute atomic E-state index is 0. The van der Waals surface area contributed by atoms with E-state index in [1.807, 2.05) is 0 Å². The van der Waals surface area contributed by atoms with Gasteiger partial charge in [-0.25, -0.2) is 0 Å². The number of carboxylic acid groups (broad SMARTS) is 1. The number of unbranched alkanes of at least 4 members (excludes halogenated alkanes) is 27. The average Bonchev–Trinajstić information content (AvgIpc) is 2.90. The summed E-state index contributed by atoms with van der Waals surface area (Å²) < 4.78 is 1.12. The monoisotopic (exact) mass is 670 g/mol. The maximum absolute atomic E-state index is 10.2. The number of nitrogens with zero attached hydrogens (tertiary/aromatic N) is 1. The van der Waals surface area contributed by atoms with Gasteiger partial charge in [0.05, 0.1) is 27.7 Å². The number of halogens is 1. The minimum atomic E-state index is -0.903. The summed E-state index contributed by atoms with van der Waals surface area (Å²) in [6.45, 7) is 5.89. The fourth-order valence-electron chi connectivity index (χ4n) is 5.42. The Morgan fingerprint density at radius 2 is 0.643 bits per heavy atom. The van der Waals surface area contributed by atoms with Gasteiger partial charge in [0.1, 0.15) is 0 Å². The number of rotatable bonds is 31. The molecule has 0 aliphatic carbocycles. The van der Waals surface area contributed by atoms with Crippen LogP contribution in [0.3, 0.4) is 0 Å². The van der Waals surface area contributed by atoms with Crippen molar-refractivity contribution in [3.8, 4) is 0 Å². The molecule has 0 rings (SSSR count). The summed E-state index contributed by atoms with van der Waals surface area (Å²) in [7, 11) is 6.88. The molecule has 42 heavy (non-hydrogen) atoms. The van der Waals surface area contributed by atoms with Crippen LogP contribution in [0, 0.1) is 0 Å². The molecular formula is C37H77BrNNaO2. The van der Waals surface area contributed by atoms with Gasteiger partial charge in [-0.1, -0.05) is 181 Å². The second-order valence-electron chi connectivity index (χ2n) is 13.7. The summed E-state index contributed by atoms with van der Waals surface area (Å²) in [6.07, 6.45) is 40.2. The normalized spacial score (nSPS) is 10.9. The molecule has 0 saturated carbocycles. The Morgan fingerprint density at radius 3 is 0.857 bits per heavy atom. The van der Waals surface area contributed by atoms with Gasteiger partial charge >= 0.3 is 29.6 Å². The van der Waals surface area contributed by atoms with Gasteiger partial charge in [-0.3, -0.25) is 0 Å². The molecule has 0 saturated heterocycles. The number of quaternary nitrogens is 1. The molecule has 0 spiro atoms. The van der Waals surface area contributed by atoms with Crippen molar-refractivity contribution in [2.45, 2.75) is 206 Å². The average molecular weight is 671 g/mol. The molecule has 0 aliphatic rings. The van der Waals surface area contributed by atoms with E-state index in [4.69, 9.17) is 0 Å². The summed E-state index contributed by atoms with van der Waals surface area (Å²) in [5.41, 5.74) is 0. The van der Waals surface area contributed by atoms with Crippen molar-refractivity contribution in [2.24, 2.45) is 0 Å². The molecule has 0 bridgehead atoms. The SMILES string of the molecule is CCCCCCCCCCCCCCCCCC(=O)[O-].CCCCCCCCCCCCCCCC[N+](C)(C)C.[Br-].[Na+]. The Kier molecular flexibility index (Phi) is 49.7. The molecule has 0 aromatic heterocycles. The summed E-state index contributed by atoms with van der Waals surface area (Å²) in [6, 6.07) is 0. The van der Waals surface area contributed by atoms with E-state index in [1.54, 1.807) is 0 Å². The van der Waals surface area contributed by atoms with Gasteiger partial charge in [-0.05, 0) is 25.7 Å². The summed E-state index contributed by atoms with van der Waals surface area (Å²) in [5, 5.41) is 10.2. The van der Waals surface area contributed by atoms with Gasteiger partial charge in [0, 0.05) is 5.97 Å². The number of carboxylic acids is 1. The Labute approximate surface area is 299 Å². The zero-order valence-electron chi connectivity index (χ0n) is 30.1. The maximum atomic E-state index is 10.2. The molecular weight excluding hydrogens is 593 g/mol. The number of hydrogen-bond donors (Lipinski definition) is 0. The van der Waals surface area contributed by atoms with Gasteiger partial charge < -0.3 is 31.4 Å². The fraction of sp³-hybridized carbons (Fsp3) is 0.973. The minimum Gasteiger partial charge on any atom is -1.00 e. The van der Waals surface area contributed by atoms with Crippen LogP contribution in [0.4, 0.5) is 0 Å². The third-order valence-corrected chi connectivity index (χ3v) is 8.17. The van der Waals surface area contributed by atoms with Crippen LogP contribution in [0.5, 0.6) is 0 Å². The van der Waals surface area contributed by atoms with Crippen molar-refractivity contribution in [3.63, 3.8) is 0 Å². The molecule has 0 amide bonds. The van der Waals surface area contributed by atoms with Gasteiger partial charge in [-0.15, -0.1) is 0 Å². The van der Waals surface area contributed by atoms with E-state index >= 15 is 0 Å². The molecule has 0 aromatic carbocycles. The van der Waals surface area contributed by atoms with Gasteiger partial charge in [0.25, 0.3) is 0 Å². The predicted octanol–water partition coefficient (Wildman–Crippen LogP) is 5.18. The Hall–Kier alpha value is 0.910. The first-order chi connectivity index (χ1) is 19.3. The summed E-state index contributed by atoms with van der Waals surface area (Å²) >= 11 is 0. The van der Waals surface area contributed by atoms with Gasteiger partial charge in [0.15, 0.2) is 0 Å². The van der Waals surface area contributed by atoms with E-state index in [1.165, 1.54) is 180 Å². The molecule has 0 atom stereocenters.